The summed E-state index contributed by atoms with van der Waals surface area (Å²) in [5, 5.41) is 13.0. The molecular weight excluding hydrogens is 337 g/mol. The van der Waals surface area contributed by atoms with Crippen LogP contribution >= 0.6 is 0 Å². The monoisotopic (exact) mass is 363 g/mol. The van der Waals surface area contributed by atoms with Crippen LogP contribution in [0.15, 0.2) is 36.7 Å². The van der Waals surface area contributed by atoms with Crippen LogP contribution in [-0.2, 0) is 0 Å². The SMILES string of the molecule is CCCC(CCC)NC1CC(c2ccc(F)c(C#N)c2)=Cc2ccncc21. The maximum atomic E-state index is 13.7. The summed E-state index contributed by atoms with van der Waals surface area (Å²) in [4.78, 5) is 4.32. The zero-order valence-corrected chi connectivity index (χ0v) is 16.0. The van der Waals surface area contributed by atoms with Gasteiger partial charge in [0.25, 0.3) is 0 Å². The molecule has 1 unspecified atom stereocenters. The number of hydrogen-bond donors (Lipinski definition) is 1. The number of nitrogens with zero attached hydrogens (tertiary/aromatic N) is 2. The number of halogens is 1. The van der Waals surface area contributed by atoms with Gasteiger partial charge in [-0.05, 0) is 59.7 Å². The van der Waals surface area contributed by atoms with Crippen molar-refractivity contribution in [1.82, 2.24) is 10.3 Å². The van der Waals surface area contributed by atoms with Crippen LogP contribution in [0.4, 0.5) is 4.39 Å². The number of benzene rings is 1. The van der Waals surface area contributed by atoms with Crippen LogP contribution in [-0.4, -0.2) is 11.0 Å². The molecule has 2 aromatic rings. The van der Waals surface area contributed by atoms with Crippen LogP contribution in [0, 0.1) is 17.1 Å². The van der Waals surface area contributed by atoms with Crippen LogP contribution < -0.4 is 5.32 Å². The zero-order valence-electron chi connectivity index (χ0n) is 16.0. The second-order valence-electron chi connectivity index (χ2n) is 7.18. The molecule has 3 rings (SSSR count). The summed E-state index contributed by atoms with van der Waals surface area (Å²) in [6, 6.07) is 9.41. The Morgan fingerprint density at radius 2 is 2.04 bits per heavy atom. The van der Waals surface area contributed by atoms with E-state index in [4.69, 9.17) is 5.26 Å². The van der Waals surface area contributed by atoms with Gasteiger partial charge in [-0.15, -0.1) is 0 Å². The van der Waals surface area contributed by atoms with Crippen molar-refractivity contribution in [3.63, 3.8) is 0 Å². The van der Waals surface area contributed by atoms with E-state index in [1.807, 2.05) is 18.3 Å². The number of nitriles is 1. The van der Waals surface area contributed by atoms with E-state index in [0.29, 0.717) is 6.04 Å². The second-order valence-corrected chi connectivity index (χ2v) is 7.18. The first kappa shape index (κ1) is 19.3. The first-order chi connectivity index (χ1) is 13.2. The van der Waals surface area contributed by atoms with E-state index in [-0.39, 0.29) is 11.6 Å². The van der Waals surface area contributed by atoms with Crippen LogP contribution in [0.2, 0.25) is 0 Å². The van der Waals surface area contributed by atoms with Gasteiger partial charge >= 0.3 is 0 Å². The molecule has 1 aromatic carbocycles. The summed E-state index contributed by atoms with van der Waals surface area (Å²) in [5.74, 6) is -0.470. The Kier molecular flexibility index (Phi) is 6.36. The highest BCUT2D eigenvalue weighted by Crippen LogP contribution is 2.37. The molecule has 0 bridgehead atoms. The van der Waals surface area contributed by atoms with Gasteiger partial charge in [-0.25, -0.2) is 4.39 Å². The lowest BCUT2D eigenvalue weighted by atomic mass is 9.85. The molecule has 1 aliphatic carbocycles. The Labute approximate surface area is 160 Å². The van der Waals surface area contributed by atoms with Gasteiger partial charge in [-0.3, -0.25) is 4.98 Å². The Morgan fingerprint density at radius 3 is 2.74 bits per heavy atom. The molecule has 1 aliphatic rings. The van der Waals surface area contributed by atoms with Crippen molar-refractivity contribution in [2.24, 2.45) is 0 Å². The topological polar surface area (TPSA) is 48.7 Å². The smallest absolute Gasteiger partial charge is 0.140 e. The van der Waals surface area contributed by atoms with Crippen molar-refractivity contribution in [2.45, 2.75) is 58.0 Å². The van der Waals surface area contributed by atoms with E-state index >= 15 is 0 Å². The van der Waals surface area contributed by atoms with E-state index in [9.17, 15) is 4.39 Å². The molecule has 140 valence electrons. The van der Waals surface area contributed by atoms with Crippen molar-refractivity contribution in [3.8, 4) is 6.07 Å². The lowest BCUT2D eigenvalue weighted by molar-refractivity contribution is 0.390. The highest BCUT2D eigenvalue weighted by molar-refractivity contribution is 5.85. The van der Waals surface area contributed by atoms with Gasteiger partial charge in [-0.1, -0.05) is 38.8 Å². The molecule has 0 saturated heterocycles. The fraction of sp³-hybridized carbons (Fsp3) is 0.391. The normalized spacial score (nSPS) is 16.0. The first-order valence-electron chi connectivity index (χ1n) is 9.76. The number of pyridine rings is 1. The average molecular weight is 363 g/mol. The molecule has 3 nitrogen and oxygen atoms in total. The lowest BCUT2D eigenvalue weighted by Crippen LogP contribution is -2.34. The van der Waals surface area contributed by atoms with Crippen molar-refractivity contribution < 1.29 is 4.39 Å². The molecule has 0 amide bonds. The molecule has 0 saturated carbocycles. The summed E-state index contributed by atoms with van der Waals surface area (Å²) in [6.07, 6.45) is 11.3. The lowest BCUT2D eigenvalue weighted by Gasteiger charge is -2.30. The molecule has 4 heteroatoms. The highest BCUT2D eigenvalue weighted by Gasteiger charge is 2.24. The Bertz CT molecular complexity index is 860. The predicted molar refractivity (Wildman–Crippen MR) is 107 cm³/mol. The van der Waals surface area contributed by atoms with E-state index in [1.54, 1.807) is 18.3 Å². The molecule has 0 aliphatic heterocycles. The molecule has 1 atom stereocenters. The van der Waals surface area contributed by atoms with Gasteiger partial charge < -0.3 is 5.32 Å². The summed E-state index contributed by atoms with van der Waals surface area (Å²) in [5.41, 5.74) is 4.46. The number of fused-ring (bicyclic) bond motifs is 1. The summed E-state index contributed by atoms with van der Waals surface area (Å²) < 4.78 is 13.7. The molecule has 27 heavy (non-hydrogen) atoms. The van der Waals surface area contributed by atoms with E-state index in [2.05, 4.69) is 30.2 Å². The van der Waals surface area contributed by atoms with Crippen molar-refractivity contribution in [1.29, 1.82) is 5.26 Å². The summed E-state index contributed by atoms with van der Waals surface area (Å²) in [6.45, 7) is 4.43. The third-order valence-electron chi connectivity index (χ3n) is 5.19. The van der Waals surface area contributed by atoms with Gasteiger partial charge in [0.15, 0.2) is 0 Å². The fourth-order valence-corrected chi connectivity index (χ4v) is 3.87. The van der Waals surface area contributed by atoms with Crippen LogP contribution in [0.3, 0.4) is 0 Å². The maximum Gasteiger partial charge on any atom is 0.140 e. The number of hydrogen-bond acceptors (Lipinski definition) is 3. The standard InChI is InChI=1S/C23H26FN3/c1-3-5-20(6-4-2)27-23-13-18(12-17-9-10-26-15-21(17)23)16-7-8-22(24)19(11-16)14-25/h7-12,15,20,23,27H,3-6,13H2,1-2H3. The average Bonchev–Trinajstić information content (AvgIpc) is 2.68. The van der Waals surface area contributed by atoms with Gasteiger partial charge in [0.2, 0.25) is 0 Å². The zero-order chi connectivity index (χ0) is 19.2. The Morgan fingerprint density at radius 1 is 1.26 bits per heavy atom. The second kappa shape index (κ2) is 8.92. The minimum absolute atomic E-state index is 0.0910. The summed E-state index contributed by atoms with van der Waals surface area (Å²) >= 11 is 0. The maximum absolute atomic E-state index is 13.7. The molecule has 0 radical (unpaired) electrons. The van der Waals surface area contributed by atoms with E-state index < -0.39 is 5.82 Å². The first-order valence-corrected chi connectivity index (χ1v) is 9.76. The predicted octanol–water partition coefficient (Wildman–Crippen LogP) is 5.64. The molecule has 1 N–H and O–H groups in total. The van der Waals surface area contributed by atoms with Crippen LogP contribution in [0.5, 0.6) is 0 Å². The molecular formula is C23H26FN3. The number of rotatable bonds is 7. The number of aromatic nitrogens is 1. The molecule has 1 aromatic heterocycles. The van der Waals surface area contributed by atoms with E-state index in [0.717, 1.165) is 48.8 Å². The van der Waals surface area contributed by atoms with Gasteiger partial charge in [0.05, 0.1) is 5.56 Å². The van der Waals surface area contributed by atoms with Crippen LogP contribution in [0.25, 0.3) is 11.6 Å². The van der Waals surface area contributed by atoms with Gasteiger partial charge in [-0.2, -0.15) is 5.26 Å². The molecule has 0 spiro atoms. The Hall–Kier alpha value is -2.51. The van der Waals surface area contributed by atoms with E-state index in [1.165, 1.54) is 11.6 Å². The van der Waals surface area contributed by atoms with Gasteiger partial charge in [0.1, 0.15) is 11.9 Å². The molecule has 1 heterocycles. The third-order valence-corrected chi connectivity index (χ3v) is 5.19. The quantitative estimate of drug-likeness (QED) is 0.693. The summed E-state index contributed by atoms with van der Waals surface area (Å²) in [7, 11) is 0. The highest BCUT2D eigenvalue weighted by atomic mass is 19.1. The van der Waals surface area contributed by atoms with Crippen LogP contribution in [0.1, 0.15) is 74.2 Å². The minimum Gasteiger partial charge on any atom is -0.307 e. The van der Waals surface area contributed by atoms with Crippen molar-refractivity contribution in [3.05, 3.63) is 64.7 Å². The van der Waals surface area contributed by atoms with Crippen molar-refractivity contribution >= 4 is 11.6 Å². The van der Waals surface area contributed by atoms with Crippen molar-refractivity contribution in [2.75, 3.05) is 0 Å². The number of nitrogens with one attached hydrogen (secondary N) is 1. The fourth-order valence-electron chi connectivity index (χ4n) is 3.87. The largest absolute Gasteiger partial charge is 0.307 e. The third kappa shape index (κ3) is 4.43. The Balaban J connectivity index is 1.94. The van der Waals surface area contributed by atoms with Gasteiger partial charge in [0, 0.05) is 24.5 Å². The minimum atomic E-state index is -0.470. The molecule has 0 fully saturated rings.